The van der Waals surface area contributed by atoms with Gasteiger partial charge in [-0.15, -0.1) is 0 Å². The zero-order chi connectivity index (χ0) is 10.6. The standard InChI is InChI=1S/C13H20Si/c1-5-13(14(2,3)4)11-12-9-7-6-8-10-12/h5-10H,11H2,1-4H3/b13-5+. The molecule has 0 spiro atoms. The van der Waals surface area contributed by atoms with Crippen molar-refractivity contribution in [1.29, 1.82) is 0 Å². The van der Waals surface area contributed by atoms with Gasteiger partial charge in [-0.25, -0.2) is 0 Å². The summed E-state index contributed by atoms with van der Waals surface area (Å²) in [7, 11) is -1.11. The summed E-state index contributed by atoms with van der Waals surface area (Å²) >= 11 is 0. The molecule has 0 heterocycles. The maximum atomic E-state index is 2.41. The SMILES string of the molecule is C/C=C(\Cc1ccccc1)[Si](C)(C)C. The lowest BCUT2D eigenvalue weighted by Gasteiger charge is -2.20. The van der Waals surface area contributed by atoms with E-state index in [-0.39, 0.29) is 0 Å². The van der Waals surface area contributed by atoms with Crippen LogP contribution in [0.25, 0.3) is 0 Å². The smallest absolute Gasteiger partial charge is 0.0724 e. The minimum absolute atomic E-state index is 1.11. The fourth-order valence-corrected chi connectivity index (χ4v) is 3.22. The molecule has 14 heavy (non-hydrogen) atoms. The summed E-state index contributed by atoms with van der Waals surface area (Å²) in [6, 6.07) is 10.7. The Hall–Kier alpha value is -0.823. The molecule has 0 saturated heterocycles. The number of hydrogen-bond donors (Lipinski definition) is 0. The summed E-state index contributed by atoms with van der Waals surface area (Å²) in [5.41, 5.74) is 1.43. The van der Waals surface area contributed by atoms with Crippen LogP contribution in [0.2, 0.25) is 19.6 Å². The maximum Gasteiger partial charge on any atom is 0.0724 e. The average Bonchev–Trinajstić information content (AvgIpc) is 2.14. The fraction of sp³-hybridized carbons (Fsp3) is 0.385. The van der Waals surface area contributed by atoms with Crippen LogP contribution in [0.3, 0.4) is 0 Å². The second kappa shape index (κ2) is 4.60. The van der Waals surface area contributed by atoms with Crippen LogP contribution in [0.5, 0.6) is 0 Å². The molecule has 0 amide bonds. The van der Waals surface area contributed by atoms with Gasteiger partial charge in [0.15, 0.2) is 0 Å². The van der Waals surface area contributed by atoms with E-state index in [9.17, 15) is 0 Å². The normalized spacial score (nSPS) is 13.0. The molecule has 1 aromatic carbocycles. The highest BCUT2D eigenvalue weighted by atomic mass is 28.3. The van der Waals surface area contributed by atoms with Crippen LogP contribution in [0.4, 0.5) is 0 Å². The Labute approximate surface area is 88.7 Å². The molecule has 0 aromatic heterocycles. The first-order chi connectivity index (χ1) is 6.54. The summed E-state index contributed by atoms with van der Waals surface area (Å²) in [6.45, 7) is 9.39. The first-order valence-corrected chi connectivity index (χ1v) is 8.73. The van der Waals surface area contributed by atoms with Crippen molar-refractivity contribution in [2.24, 2.45) is 0 Å². The quantitative estimate of drug-likeness (QED) is 0.652. The van der Waals surface area contributed by atoms with E-state index >= 15 is 0 Å². The molecule has 0 nitrogen and oxygen atoms in total. The van der Waals surface area contributed by atoms with Crippen LogP contribution >= 0.6 is 0 Å². The van der Waals surface area contributed by atoms with Crippen molar-refractivity contribution >= 4 is 8.07 Å². The van der Waals surface area contributed by atoms with E-state index in [2.05, 4.69) is 63.0 Å². The zero-order valence-electron chi connectivity index (χ0n) is 9.67. The molecule has 0 aliphatic rings. The van der Waals surface area contributed by atoms with Crippen molar-refractivity contribution in [3.63, 3.8) is 0 Å². The third-order valence-corrected chi connectivity index (χ3v) is 4.94. The second-order valence-corrected chi connectivity index (χ2v) is 9.87. The first-order valence-electron chi connectivity index (χ1n) is 5.23. The molecule has 0 aliphatic heterocycles. The molecule has 1 aromatic rings. The lowest BCUT2D eigenvalue weighted by molar-refractivity contribution is 1.20. The van der Waals surface area contributed by atoms with Crippen molar-refractivity contribution in [2.45, 2.75) is 33.0 Å². The predicted octanol–water partition coefficient (Wildman–Crippen LogP) is 4.05. The van der Waals surface area contributed by atoms with Gasteiger partial charge in [-0.3, -0.25) is 0 Å². The molecule has 76 valence electrons. The molecule has 0 aliphatic carbocycles. The predicted molar refractivity (Wildman–Crippen MR) is 67.2 cm³/mol. The van der Waals surface area contributed by atoms with Crippen LogP contribution in [0, 0.1) is 0 Å². The van der Waals surface area contributed by atoms with Gasteiger partial charge in [0.05, 0.1) is 8.07 Å². The van der Waals surface area contributed by atoms with Gasteiger partial charge in [-0.2, -0.15) is 0 Å². The number of hydrogen-bond acceptors (Lipinski definition) is 0. The minimum Gasteiger partial charge on any atom is -0.0920 e. The molecule has 0 saturated carbocycles. The molecular formula is C13H20Si. The topological polar surface area (TPSA) is 0 Å². The molecule has 0 N–H and O–H groups in total. The van der Waals surface area contributed by atoms with Gasteiger partial charge in [0.2, 0.25) is 0 Å². The number of allylic oxidation sites excluding steroid dienone is 2. The molecule has 0 bridgehead atoms. The Morgan fingerprint density at radius 3 is 2.14 bits per heavy atom. The summed E-state index contributed by atoms with van der Waals surface area (Å²) in [6.07, 6.45) is 3.44. The summed E-state index contributed by atoms with van der Waals surface area (Å²) in [5, 5.41) is 1.64. The van der Waals surface area contributed by atoms with E-state index in [1.165, 1.54) is 5.56 Å². The van der Waals surface area contributed by atoms with E-state index in [0.29, 0.717) is 0 Å². The Kier molecular flexibility index (Phi) is 3.70. The lowest BCUT2D eigenvalue weighted by Crippen LogP contribution is -2.25. The summed E-state index contributed by atoms with van der Waals surface area (Å²) < 4.78 is 0. The molecule has 0 atom stereocenters. The molecule has 0 unspecified atom stereocenters. The molecule has 1 rings (SSSR count). The highest BCUT2D eigenvalue weighted by Crippen LogP contribution is 2.19. The van der Waals surface area contributed by atoms with Crippen molar-refractivity contribution < 1.29 is 0 Å². The van der Waals surface area contributed by atoms with Gasteiger partial charge in [0.1, 0.15) is 0 Å². The highest BCUT2D eigenvalue weighted by molar-refractivity contribution is 6.83. The third-order valence-electron chi connectivity index (χ3n) is 2.55. The maximum absolute atomic E-state index is 2.41. The van der Waals surface area contributed by atoms with E-state index in [0.717, 1.165) is 6.42 Å². The average molecular weight is 204 g/mol. The van der Waals surface area contributed by atoms with E-state index < -0.39 is 8.07 Å². The van der Waals surface area contributed by atoms with Gasteiger partial charge in [0, 0.05) is 0 Å². The van der Waals surface area contributed by atoms with Crippen LogP contribution in [0.1, 0.15) is 12.5 Å². The van der Waals surface area contributed by atoms with E-state index in [1.807, 2.05) is 0 Å². The fourth-order valence-electron chi connectivity index (χ4n) is 1.62. The van der Waals surface area contributed by atoms with Gasteiger partial charge in [-0.1, -0.05) is 61.2 Å². The van der Waals surface area contributed by atoms with E-state index in [1.54, 1.807) is 5.20 Å². The monoisotopic (exact) mass is 204 g/mol. The van der Waals surface area contributed by atoms with Crippen molar-refractivity contribution in [2.75, 3.05) is 0 Å². The first kappa shape index (κ1) is 11.3. The van der Waals surface area contributed by atoms with Crippen molar-refractivity contribution in [3.05, 3.63) is 47.2 Å². The van der Waals surface area contributed by atoms with Crippen LogP contribution in [0.15, 0.2) is 41.6 Å². The van der Waals surface area contributed by atoms with Gasteiger partial charge in [-0.05, 0) is 18.9 Å². The van der Waals surface area contributed by atoms with Crippen molar-refractivity contribution in [3.8, 4) is 0 Å². The Morgan fingerprint density at radius 1 is 1.14 bits per heavy atom. The van der Waals surface area contributed by atoms with Gasteiger partial charge >= 0.3 is 0 Å². The highest BCUT2D eigenvalue weighted by Gasteiger charge is 2.18. The largest absolute Gasteiger partial charge is 0.0920 e. The lowest BCUT2D eigenvalue weighted by atomic mass is 10.1. The zero-order valence-corrected chi connectivity index (χ0v) is 10.7. The van der Waals surface area contributed by atoms with Crippen LogP contribution in [-0.4, -0.2) is 8.07 Å². The molecule has 0 fully saturated rings. The van der Waals surface area contributed by atoms with Gasteiger partial charge in [0.25, 0.3) is 0 Å². The molecule has 0 radical (unpaired) electrons. The number of rotatable bonds is 3. The summed E-state index contributed by atoms with van der Waals surface area (Å²) in [4.78, 5) is 0. The minimum atomic E-state index is -1.11. The Bertz CT molecular complexity index is 304. The second-order valence-electron chi connectivity index (χ2n) is 4.73. The Balaban J connectivity index is 2.78. The molecule has 1 heteroatoms. The van der Waals surface area contributed by atoms with Crippen LogP contribution in [-0.2, 0) is 6.42 Å². The molecular weight excluding hydrogens is 184 g/mol. The summed E-state index contributed by atoms with van der Waals surface area (Å²) in [5.74, 6) is 0. The van der Waals surface area contributed by atoms with Crippen molar-refractivity contribution in [1.82, 2.24) is 0 Å². The van der Waals surface area contributed by atoms with Gasteiger partial charge < -0.3 is 0 Å². The third kappa shape index (κ3) is 3.15. The van der Waals surface area contributed by atoms with E-state index in [4.69, 9.17) is 0 Å². The Morgan fingerprint density at radius 2 is 1.71 bits per heavy atom. The number of benzene rings is 1. The van der Waals surface area contributed by atoms with Crippen LogP contribution < -0.4 is 0 Å².